The Morgan fingerprint density at radius 1 is 1.44 bits per heavy atom. The summed E-state index contributed by atoms with van der Waals surface area (Å²) in [7, 11) is 0. The Labute approximate surface area is 96.1 Å². The van der Waals surface area contributed by atoms with Crippen LogP contribution in [0.2, 0.25) is 0 Å². The number of benzene rings is 1. The standard InChI is InChI=1S/C11H10N2O2S/c1-6(14)5-8(15)7-3-2-4-9-10(7)13-11(12)16-9/h2-4H,5H2,1H3,(H2,12,13). The van der Waals surface area contributed by atoms with Crippen molar-refractivity contribution in [2.45, 2.75) is 13.3 Å². The van der Waals surface area contributed by atoms with E-state index in [1.165, 1.54) is 18.3 Å². The van der Waals surface area contributed by atoms with Crippen molar-refractivity contribution in [3.63, 3.8) is 0 Å². The molecule has 0 saturated heterocycles. The Kier molecular flexibility index (Phi) is 2.70. The SMILES string of the molecule is CC(=O)CC(=O)c1cccc2sc(N)nc12. The molecule has 0 unspecified atom stereocenters. The van der Waals surface area contributed by atoms with Crippen molar-refractivity contribution in [3.8, 4) is 0 Å². The molecule has 0 radical (unpaired) electrons. The molecule has 0 aliphatic rings. The number of aromatic nitrogens is 1. The average molecular weight is 234 g/mol. The van der Waals surface area contributed by atoms with E-state index in [4.69, 9.17) is 5.73 Å². The van der Waals surface area contributed by atoms with Crippen LogP contribution in [0.3, 0.4) is 0 Å². The van der Waals surface area contributed by atoms with Crippen LogP contribution in [0.4, 0.5) is 5.13 Å². The van der Waals surface area contributed by atoms with Crippen molar-refractivity contribution < 1.29 is 9.59 Å². The molecule has 2 N–H and O–H groups in total. The number of carbonyl (C=O) groups excluding carboxylic acids is 2. The first-order valence-corrected chi connectivity index (χ1v) is 5.57. The first-order chi connectivity index (χ1) is 7.58. The minimum atomic E-state index is -0.205. The van der Waals surface area contributed by atoms with Crippen LogP contribution < -0.4 is 5.73 Å². The molecule has 0 aliphatic carbocycles. The molecule has 2 rings (SSSR count). The summed E-state index contributed by atoms with van der Waals surface area (Å²) < 4.78 is 0.868. The number of anilines is 1. The average Bonchev–Trinajstić information content (AvgIpc) is 2.55. The Bertz CT molecular complexity index is 574. The van der Waals surface area contributed by atoms with E-state index in [0.717, 1.165) is 4.70 Å². The normalized spacial score (nSPS) is 10.6. The molecule has 2 aromatic rings. The maximum Gasteiger partial charge on any atom is 0.181 e. The maximum absolute atomic E-state index is 11.8. The molecule has 0 atom stereocenters. The number of hydrogen-bond acceptors (Lipinski definition) is 5. The number of nitrogens with zero attached hydrogens (tertiary/aromatic N) is 1. The second kappa shape index (κ2) is 4.02. The summed E-state index contributed by atoms with van der Waals surface area (Å²) in [4.78, 5) is 26.8. The lowest BCUT2D eigenvalue weighted by Gasteiger charge is -1.98. The second-order valence-electron chi connectivity index (χ2n) is 3.51. The van der Waals surface area contributed by atoms with Crippen molar-refractivity contribution in [3.05, 3.63) is 23.8 Å². The van der Waals surface area contributed by atoms with E-state index >= 15 is 0 Å². The van der Waals surface area contributed by atoms with Crippen LogP contribution in [-0.2, 0) is 4.79 Å². The molecule has 5 heteroatoms. The fourth-order valence-electron chi connectivity index (χ4n) is 1.51. The molecule has 0 aliphatic heterocycles. The minimum Gasteiger partial charge on any atom is -0.375 e. The minimum absolute atomic E-state index is 0.0868. The Balaban J connectivity index is 2.51. The highest BCUT2D eigenvalue weighted by molar-refractivity contribution is 7.22. The molecule has 1 aromatic carbocycles. The van der Waals surface area contributed by atoms with Gasteiger partial charge in [0, 0.05) is 5.56 Å². The molecule has 16 heavy (non-hydrogen) atoms. The number of para-hydroxylation sites is 1. The fraction of sp³-hybridized carbons (Fsp3) is 0.182. The number of Topliss-reactive ketones (excluding diaryl/α,β-unsaturated/α-hetero) is 2. The number of nitrogens with two attached hydrogens (primary N) is 1. The van der Waals surface area contributed by atoms with Gasteiger partial charge in [-0.2, -0.15) is 0 Å². The third-order valence-corrected chi connectivity index (χ3v) is 3.00. The topological polar surface area (TPSA) is 73.0 Å². The van der Waals surface area contributed by atoms with E-state index in [2.05, 4.69) is 4.98 Å². The number of ketones is 2. The highest BCUT2D eigenvalue weighted by Crippen LogP contribution is 2.26. The van der Waals surface area contributed by atoms with Crippen molar-refractivity contribution in [1.29, 1.82) is 0 Å². The maximum atomic E-state index is 11.8. The molecule has 1 aromatic heterocycles. The largest absolute Gasteiger partial charge is 0.375 e. The molecule has 0 amide bonds. The van der Waals surface area contributed by atoms with Gasteiger partial charge in [-0.3, -0.25) is 9.59 Å². The molecule has 0 saturated carbocycles. The van der Waals surface area contributed by atoms with Gasteiger partial charge in [0.2, 0.25) is 0 Å². The van der Waals surface area contributed by atoms with E-state index in [-0.39, 0.29) is 18.0 Å². The smallest absolute Gasteiger partial charge is 0.181 e. The van der Waals surface area contributed by atoms with Crippen LogP contribution >= 0.6 is 11.3 Å². The zero-order chi connectivity index (χ0) is 11.7. The van der Waals surface area contributed by atoms with Gasteiger partial charge in [0.15, 0.2) is 10.9 Å². The van der Waals surface area contributed by atoms with Crippen LogP contribution in [-0.4, -0.2) is 16.6 Å². The zero-order valence-corrected chi connectivity index (χ0v) is 9.50. The number of hydrogen-bond donors (Lipinski definition) is 1. The van der Waals surface area contributed by atoms with Crippen molar-refractivity contribution in [2.24, 2.45) is 0 Å². The summed E-state index contributed by atoms with van der Waals surface area (Å²) in [6.07, 6.45) is -0.0868. The lowest BCUT2D eigenvalue weighted by molar-refractivity contribution is -0.116. The van der Waals surface area contributed by atoms with Crippen LogP contribution in [0, 0.1) is 0 Å². The van der Waals surface area contributed by atoms with Gasteiger partial charge in [-0.25, -0.2) is 4.98 Å². The van der Waals surface area contributed by atoms with Crippen molar-refractivity contribution in [2.75, 3.05) is 5.73 Å². The summed E-state index contributed by atoms with van der Waals surface area (Å²) in [5.41, 5.74) is 6.66. The molecular formula is C11H10N2O2S. The number of nitrogen functional groups attached to an aromatic ring is 1. The first kappa shape index (κ1) is 10.8. The van der Waals surface area contributed by atoms with Gasteiger partial charge in [-0.1, -0.05) is 17.4 Å². The molecule has 0 bridgehead atoms. The zero-order valence-electron chi connectivity index (χ0n) is 8.69. The lowest BCUT2D eigenvalue weighted by atomic mass is 10.1. The molecule has 1 heterocycles. The first-order valence-electron chi connectivity index (χ1n) is 4.75. The van der Waals surface area contributed by atoms with E-state index in [1.807, 2.05) is 6.07 Å². The third-order valence-electron chi connectivity index (χ3n) is 2.15. The van der Waals surface area contributed by atoms with Crippen molar-refractivity contribution >= 4 is 38.3 Å². The summed E-state index contributed by atoms with van der Waals surface area (Å²) in [6.45, 7) is 1.40. The quantitative estimate of drug-likeness (QED) is 0.651. The summed E-state index contributed by atoms with van der Waals surface area (Å²) in [5, 5.41) is 0.429. The summed E-state index contributed by atoms with van der Waals surface area (Å²) in [6, 6.07) is 5.30. The van der Waals surface area contributed by atoms with Gasteiger partial charge in [-0.05, 0) is 19.1 Å². The predicted molar refractivity (Wildman–Crippen MR) is 63.7 cm³/mol. The van der Waals surface area contributed by atoms with E-state index in [0.29, 0.717) is 16.2 Å². The summed E-state index contributed by atoms with van der Waals surface area (Å²) in [5.74, 6) is -0.353. The third kappa shape index (κ3) is 1.94. The number of fused-ring (bicyclic) bond motifs is 1. The molecule has 4 nitrogen and oxygen atoms in total. The summed E-state index contributed by atoms with van der Waals surface area (Å²) >= 11 is 1.33. The highest BCUT2D eigenvalue weighted by Gasteiger charge is 2.14. The van der Waals surface area contributed by atoms with Gasteiger partial charge in [0.25, 0.3) is 0 Å². The molecule has 0 fully saturated rings. The lowest BCUT2D eigenvalue weighted by Crippen LogP contribution is -2.05. The van der Waals surface area contributed by atoms with Gasteiger partial charge in [0.05, 0.1) is 16.6 Å². The van der Waals surface area contributed by atoms with E-state index in [9.17, 15) is 9.59 Å². The molecular weight excluding hydrogens is 224 g/mol. The van der Waals surface area contributed by atoms with E-state index < -0.39 is 0 Å². The molecule has 0 spiro atoms. The van der Waals surface area contributed by atoms with Gasteiger partial charge in [-0.15, -0.1) is 0 Å². The fourth-order valence-corrected chi connectivity index (χ4v) is 2.27. The van der Waals surface area contributed by atoms with Crippen LogP contribution in [0.25, 0.3) is 10.2 Å². The Morgan fingerprint density at radius 3 is 2.88 bits per heavy atom. The van der Waals surface area contributed by atoms with Crippen molar-refractivity contribution in [1.82, 2.24) is 4.98 Å². The van der Waals surface area contributed by atoms with Gasteiger partial charge < -0.3 is 5.73 Å². The van der Waals surface area contributed by atoms with Gasteiger partial charge >= 0.3 is 0 Å². The monoisotopic (exact) mass is 234 g/mol. The Morgan fingerprint density at radius 2 is 2.19 bits per heavy atom. The highest BCUT2D eigenvalue weighted by atomic mass is 32.1. The van der Waals surface area contributed by atoms with E-state index in [1.54, 1.807) is 12.1 Å². The van der Waals surface area contributed by atoms with Crippen LogP contribution in [0.5, 0.6) is 0 Å². The van der Waals surface area contributed by atoms with Crippen LogP contribution in [0.1, 0.15) is 23.7 Å². The number of rotatable bonds is 3. The van der Waals surface area contributed by atoms with Gasteiger partial charge in [0.1, 0.15) is 5.78 Å². The molecule has 82 valence electrons. The predicted octanol–water partition coefficient (Wildman–Crippen LogP) is 2.04. The number of thiazole rings is 1. The van der Waals surface area contributed by atoms with Crippen LogP contribution in [0.15, 0.2) is 18.2 Å². The second-order valence-corrected chi connectivity index (χ2v) is 4.57. The Hall–Kier alpha value is -1.75. The number of carbonyl (C=O) groups is 2.